The fourth-order valence-corrected chi connectivity index (χ4v) is 2.36. The second kappa shape index (κ2) is 8.01. The van der Waals surface area contributed by atoms with Gasteiger partial charge >= 0.3 is 11.9 Å². The standard InChI is InChI=1S/C14H22N2O4/c17-13(19-15-9-3-1-4-10-15)7-8-14(18)20-16-11-5-2-6-12-16/h7-8H,1-6,9-12H2/b8-7-. The Morgan fingerprint density at radius 2 is 1.00 bits per heavy atom. The third kappa shape index (κ3) is 5.30. The van der Waals surface area contributed by atoms with E-state index in [2.05, 4.69) is 0 Å². The zero-order valence-electron chi connectivity index (χ0n) is 11.8. The summed E-state index contributed by atoms with van der Waals surface area (Å²) in [5.41, 5.74) is 0. The van der Waals surface area contributed by atoms with E-state index < -0.39 is 11.9 Å². The number of rotatable bonds is 4. The molecule has 2 aliphatic heterocycles. The SMILES string of the molecule is O=C(/C=C\C(=O)ON1CCCCC1)ON1CCCCC1. The molecule has 2 heterocycles. The predicted octanol–water partition coefficient (Wildman–Crippen LogP) is 1.43. The molecule has 112 valence electrons. The first-order valence-corrected chi connectivity index (χ1v) is 7.36. The first kappa shape index (κ1) is 15.0. The molecule has 0 unspecified atom stereocenters. The Morgan fingerprint density at radius 3 is 1.35 bits per heavy atom. The van der Waals surface area contributed by atoms with Crippen LogP contribution in [0.25, 0.3) is 0 Å². The smallest absolute Gasteiger partial charge is 0.349 e. The lowest BCUT2D eigenvalue weighted by atomic mass is 10.2. The molecule has 2 aliphatic rings. The Kier molecular flexibility index (Phi) is 6.01. The molecule has 0 aromatic rings. The predicted molar refractivity (Wildman–Crippen MR) is 72.2 cm³/mol. The van der Waals surface area contributed by atoms with Crippen LogP contribution >= 0.6 is 0 Å². The minimum absolute atomic E-state index is 0.525. The van der Waals surface area contributed by atoms with Crippen molar-refractivity contribution in [2.24, 2.45) is 0 Å². The van der Waals surface area contributed by atoms with E-state index in [1.807, 2.05) is 0 Å². The zero-order chi connectivity index (χ0) is 14.2. The highest BCUT2D eigenvalue weighted by molar-refractivity contribution is 5.91. The third-order valence-corrected chi connectivity index (χ3v) is 3.42. The highest BCUT2D eigenvalue weighted by Gasteiger charge is 2.15. The van der Waals surface area contributed by atoms with Crippen molar-refractivity contribution in [3.05, 3.63) is 12.2 Å². The summed E-state index contributed by atoms with van der Waals surface area (Å²) < 4.78 is 0. The Hall–Kier alpha value is -1.40. The largest absolute Gasteiger partial charge is 0.364 e. The quantitative estimate of drug-likeness (QED) is 0.727. The normalized spacial score (nSPS) is 21.8. The fourth-order valence-electron chi connectivity index (χ4n) is 2.36. The Morgan fingerprint density at radius 1 is 0.650 bits per heavy atom. The summed E-state index contributed by atoms with van der Waals surface area (Å²) in [6, 6.07) is 0. The van der Waals surface area contributed by atoms with Gasteiger partial charge in [-0.25, -0.2) is 9.59 Å². The average molecular weight is 282 g/mol. The lowest BCUT2D eigenvalue weighted by Gasteiger charge is -2.24. The summed E-state index contributed by atoms with van der Waals surface area (Å²) in [6.45, 7) is 3.05. The van der Waals surface area contributed by atoms with Crippen LogP contribution in [0.4, 0.5) is 0 Å². The van der Waals surface area contributed by atoms with Crippen molar-refractivity contribution in [1.82, 2.24) is 10.1 Å². The number of carbonyl (C=O) groups excluding carboxylic acids is 2. The minimum atomic E-state index is -0.525. The van der Waals surface area contributed by atoms with Crippen LogP contribution in [0.15, 0.2) is 12.2 Å². The maximum absolute atomic E-state index is 11.5. The molecule has 0 spiro atoms. The van der Waals surface area contributed by atoms with Gasteiger partial charge in [-0.15, -0.1) is 10.1 Å². The second-order valence-corrected chi connectivity index (χ2v) is 5.13. The molecule has 6 heteroatoms. The van der Waals surface area contributed by atoms with Crippen LogP contribution in [0.3, 0.4) is 0 Å². The first-order chi connectivity index (χ1) is 9.74. The van der Waals surface area contributed by atoms with Crippen molar-refractivity contribution >= 4 is 11.9 Å². The molecule has 0 atom stereocenters. The molecule has 0 bridgehead atoms. The van der Waals surface area contributed by atoms with E-state index in [4.69, 9.17) is 9.68 Å². The molecular weight excluding hydrogens is 260 g/mol. The summed E-state index contributed by atoms with van der Waals surface area (Å²) in [4.78, 5) is 33.3. The summed E-state index contributed by atoms with van der Waals surface area (Å²) in [7, 11) is 0. The molecule has 0 aromatic heterocycles. The molecule has 0 saturated carbocycles. The highest BCUT2D eigenvalue weighted by atomic mass is 16.7. The molecule has 0 N–H and O–H groups in total. The van der Waals surface area contributed by atoms with Crippen LogP contribution in [0, 0.1) is 0 Å². The molecule has 2 saturated heterocycles. The molecule has 2 fully saturated rings. The van der Waals surface area contributed by atoms with E-state index in [0.29, 0.717) is 0 Å². The maximum atomic E-state index is 11.5. The van der Waals surface area contributed by atoms with E-state index >= 15 is 0 Å². The molecule has 20 heavy (non-hydrogen) atoms. The lowest BCUT2D eigenvalue weighted by Crippen LogP contribution is -2.32. The molecule has 2 rings (SSSR count). The van der Waals surface area contributed by atoms with Gasteiger partial charge in [0.15, 0.2) is 0 Å². The molecule has 0 radical (unpaired) electrons. The monoisotopic (exact) mass is 282 g/mol. The van der Waals surface area contributed by atoms with E-state index in [1.165, 1.54) is 12.8 Å². The second-order valence-electron chi connectivity index (χ2n) is 5.13. The van der Waals surface area contributed by atoms with Crippen molar-refractivity contribution in [2.45, 2.75) is 38.5 Å². The van der Waals surface area contributed by atoms with E-state index in [0.717, 1.165) is 64.0 Å². The van der Waals surface area contributed by atoms with Gasteiger partial charge in [-0.05, 0) is 25.7 Å². The molecule has 6 nitrogen and oxygen atoms in total. The maximum Gasteiger partial charge on any atom is 0.349 e. The van der Waals surface area contributed by atoms with Crippen LogP contribution in [0.5, 0.6) is 0 Å². The van der Waals surface area contributed by atoms with Gasteiger partial charge in [0, 0.05) is 38.3 Å². The van der Waals surface area contributed by atoms with Crippen LogP contribution in [-0.4, -0.2) is 48.2 Å². The summed E-state index contributed by atoms with van der Waals surface area (Å²) in [5, 5.41) is 3.29. The first-order valence-electron chi connectivity index (χ1n) is 7.36. The zero-order valence-corrected chi connectivity index (χ0v) is 11.8. The van der Waals surface area contributed by atoms with Crippen molar-refractivity contribution in [1.29, 1.82) is 0 Å². The Labute approximate surface area is 119 Å². The van der Waals surface area contributed by atoms with E-state index in [-0.39, 0.29) is 0 Å². The van der Waals surface area contributed by atoms with Crippen molar-refractivity contribution in [3.63, 3.8) is 0 Å². The van der Waals surface area contributed by atoms with Crippen molar-refractivity contribution in [2.75, 3.05) is 26.2 Å². The molecular formula is C14H22N2O4. The van der Waals surface area contributed by atoms with Crippen LogP contribution in [0.1, 0.15) is 38.5 Å². The number of hydrogen-bond donors (Lipinski definition) is 0. The van der Waals surface area contributed by atoms with Gasteiger partial charge in [0.05, 0.1) is 0 Å². The average Bonchev–Trinajstić information content (AvgIpc) is 2.47. The number of piperidine rings is 2. The van der Waals surface area contributed by atoms with Gasteiger partial charge in [0.2, 0.25) is 0 Å². The highest BCUT2D eigenvalue weighted by Crippen LogP contribution is 2.10. The summed E-state index contributed by atoms with van der Waals surface area (Å²) in [5.74, 6) is -1.05. The number of hydrogen-bond acceptors (Lipinski definition) is 6. The van der Waals surface area contributed by atoms with Crippen LogP contribution in [-0.2, 0) is 19.3 Å². The van der Waals surface area contributed by atoms with Gasteiger partial charge in [-0.1, -0.05) is 12.8 Å². The molecule has 0 aromatic carbocycles. The van der Waals surface area contributed by atoms with Gasteiger partial charge in [0.1, 0.15) is 0 Å². The Bertz CT molecular complexity index is 324. The molecule has 0 amide bonds. The molecule has 0 aliphatic carbocycles. The summed E-state index contributed by atoms with van der Waals surface area (Å²) >= 11 is 0. The number of nitrogens with zero attached hydrogens (tertiary/aromatic N) is 2. The number of hydroxylamine groups is 4. The third-order valence-electron chi connectivity index (χ3n) is 3.42. The van der Waals surface area contributed by atoms with Crippen molar-refractivity contribution < 1.29 is 19.3 Å². The van der Waals surface area contributed by atoms with E-state index in [1.54, 1.807) is 10.1 Å². The van der Waals surface area contributed by atoms with Crippen LogP contribution in [0.2, 0.25) is 0 Å². The van der Waals surface area contributed by atoms with Gasteiger partial charge in [-0.2, -0.15) is 0 Å². The summed E-state index contributed by atoms with van der Waals surface area (Å²) in [6.07, 6.45) is 8.74. The minimum Gasteiger partial charge on any atom is -0.364 e. The van der Waals surface area contributed by atoms with E-state index in [9.17, 15) is 9.59 Å². The topological polar surface area (TPSA) is 59.1 Å². The van der Waals surface area contributed by atoms with Gasteiger partial charge in [-0.3, -0.25) is 0 Å². The van der Waals surface area contributed by atoms with Crippen molar-refractivity contribution in [3.8, 4) is 0 Å². The van der Waals surface area contributed by atoms with Crippen LogP contribution < -0.4 is 0 Å². The Balaban J connectivity index is 1.67. The fraction of sp³-hybridized carbons (Fsp3) is 0.714. The number of carbonyl (C=O) groups is 2. The van der Waals surface area contributed by atoms with Gasteiger partial charge in [0.25, 0.3) is 0 Å². The lowest BCUT2D eigenvalue weighted by molar-refractivity contribution is -0.190. The van der Waals surface area contributed by atoms with Gasteiger partial charge < -0.3 is 9.68 Å².